The van der Waals surface area contributed by atoms with Crippen molar-refractivity contribution < 1.29 is 14.7 Å². The minimum Gasteiger partial charge on any atom is -0.478 e. The fourth-order valence-electron chi connectivity index (χ4n) is 2.39. The summed E-state index contributed by atoms with van der Waals surface area (Å²) in [6.07, 6.45) is 17.8. The Bertz CT molecular complexity index is 295. The molecule has 0 aliphatic heterocycles. The number of carbonyl (C=O) groups excluding carboxylic acids is 1. The van der Waals surface area contributed by atoms with Gasteiger partial charge < -0.3 is 5.11 Å². The first-order valence-corrected chi connectivity index (χ1v) is 8.60. The molecule has 0 aliphatic carbocycles. The summed E-state index contributed by atoms with van der Waals surface area (Å²) in [7, 11) is 0. The van der Waals surface area contributed by atoms with Crippen LogP contribution in [0.25, 0.3) is 0 Å². The zero-order chi connectivity index (χ0) is 15.8. The molecular formula is C18H32O3. The third-order valence-electron chi connectivity index (χ3n) is 3.69. The number of allylic oxidation sites excluding steroid dienone is 1. The third kappa shape index (κ3) is 16.8. The van der Waals surface area contributed by atoms with Crippen LogP contribution >= 0.6 is 0 Å². The molecule has 0 radical (unpaired) electrons. The van der Waals surface area contributed by atoms with Crippen molar-refractivity contribution in [1.82, 2.24) is 0 Å². The van der Waals surface area contributed by atoms with Crippen molar-refractivity contribution in [2.24, 2.45) is 0 Å². The van der Waals surface area contributed by atoms with Gasteiger partial charge in [0.15, 0.2) is 5.78 Å². The van der Waals surface area contributed by atoms with Crippen molar-refractivity contribution in [2.75, 3.05) is 0 Å². The SMILES string of the molecule is CCCCCCCCCCCCCCC(=O)/C=C/C(=O)O. The zero-order valence-electron chi connectivity index (χ0n) is 13.6. The largest absolute Gasteiger partial charge is 0.478 e. The fourth-order valence-corrected chi connectivity index (χ4v) is 2.39. The van der Waals surface area contributed by atoms with Crippen molar-refractivity contribution in [3.05, 3.63) is 12.2 Å². The Labute approximate surface area is 129 Å². The number of unbranched alkanes of at least 4 members (excludes halogenated alkanes) is 11. The Kier molecular flexibility index (Phi) is 14.5. The van der Waals surface area contributed by atoms with E-state index in [1.165, 1.54) is 70.3 Å². The van der Waals surface area contributed by atoms with Crippen molar-refractivity contribution >= 4 is 11.8 Å². The lowest BCUT2D eigenvalue weighted by Crippen LogP contribution is -1.95. The Balaban J connectivity index is 3.19. The van der Waals surface area contributed by atoms with E-state index in [1.807, 2.05) is 0 Å². The molecule has 0 aliphatic rings. The molecule has 0 aromatic carbocycles. The van der Waals surface area contributed by atoms with E-state index < -0.39 is 5.97 Å². The molecule has 0 spiro atoms. The summed E-state index contributed by atoms with van der Waals surface area (Å²) in [6, 6.07) is 0. The molecule has 122 valence electrons. The number of hydrogen-bond donors (Lipinski definition) is 1. The van der Waals surface area contributed by atoms with Crippen molar-refractivity contribution in [2.45, 2.75) is 90.4 Å². The Morgan fingerprint density at radius 3 is 1.57 bits per heavy atom. The van der Waals surface area contributed by atoms with Gasteiger partial charge >= 0.3 is 5.97 Å². The van der Waals surface area contributed by atoms with Gasteiger partial charge in [-0.2, -0.15) is 0 Å². The number of carbonyl (C=O) groups is 2. The van der Waals surface area contributed by atoms with Crippen LogP contribution in [0.15, 0.2) is 12.2 Å². The smallest absolute Gasteiger partial charge is 0.328 e. The van der Waals surface area contributed by atoms with Crippen LogP contribution in [0.3, 0.4) is 0 Å². The minimum absolute atomic E-state index is 0.0792. The minimum atomic E-state index is -1.06. The summed E-state index contributed by atoms with van der Waals surface area (Å²) >= 11 is 0. The number of carboxylic acids is 1. The molecule has 0 aromatic rings. The highest BCUT2D eigenvalue weighted by Gasteiger charge is 1.98. The van der Waals surface area contributed by atoms with E-state index in [1.54, 1.807) is 0 Å². The van der Waals surface area contributed by atoms with E-state index in [0.29, 0.717) is 6.42 Å². The van der Waals surface area contributed by atoms with Crippen LogP contribution in [0.5, 0.6) is 0 Å². The zero-order valence-corrected chi connectivity index (χ0v) is 13.6. The van der Waals surface area contributed by atoms with Gasteiger partial charge in [0.25, 0.3) is 0 Å². The van der Waals surface area contributed by atoms with Crippen LogP contribution in [0.4, 0.5) is 0 Å². The first kappa shape index (κ1) is 19.9. The molecule has 0 bridgehead atoms. The molecule has 3 heteroatoms. The summed E-state index contributed by atoms with van der Waals surface area (Å²) < 4.78 is 0. The summed E-state index contributed by atoms with van der Waals surface area (Å²) in [5.74, 6) is -1.14. The number of ketones is 1. The maximum Gasteiger partial charge on any atom is 0.328 e. The van der Waals surface area contributed by atoms with E-state index in [4.69, 9.17) is 5.11 Å². The lowest BCUT2D eigenvalue weighted by Gasteiger charge is -2.02. The van der Waals surface area contributed by atoms with Crippen LogP contribution in [-0.4, -0.2) is 16.9 Å². The molecule has 0 saturated carbocycles. The predicted molar refractivity (Wildman–Crippen MR) is 87.5 cm³/mol. The highest BCUT2D eigenvalue weighted by Crippen LogP contribution is 2.12. The van der Waals surface area contributed by atoms with Gasteiger partial charge in [0.2, 0.25) is 0 Å². The van der Waals surface area contributed by atoms with Gasteiger partial charge in [0.1, 0.15) is 0 Å². The highest BCUT2D eigenvalue weighted by molar-refractivity contribution is 5.95. The molecule has 0 aromatic heterocycles. The van der Waals surface area contributed by atoms with Crippen LogP contribution < -0.4 is 0 Å². The standard InChI is InChI=1S/C18H32O3/c1-2-3-4-5-6-7-8-9-10-11-12-13-14-17(19)15-16-18(20)21/h15-16H,2-14H2,1H3,(H,20,21)/b16-15+. The maximum absolute atomic E-state index is 11.3. The van der Waals surface area contributed by atoms with E-state index in [0.717, 1.165) is 18.9 Å². The monoisotopic (exact) mass is 296 g/mol. The van der Waals surface area contributed by atoms with E-state index in [-0.39, 0.29) is 5.78 Å². The summed E-state index contributed by atoms with van der Waals surface area (Å²) in [5, 5.41) is 8.40. The van der Waals surface area contributed by atoms with Gasteiger partial charge in [0, 0.05) is 12.5 Å². The first-order chi connectivity index (χ1) is 10.2. The molecule has 0 amide bonds. The van der Waals surface area contributed by atoms with E-state index >= 15 is 0 Å². The maximum atomic E-state index is 11.3. The Morgan fingerprint density at radius 1 is 0.714 bits per heavy atom. The highest BCUT2D eigenvalue weighted by atomic mass is 16.4. The van der Waals surface area contributed by atoms with Crippen molar-refractivity contribution in [1.29, 1.82) is 0 Å². The number of carboxylic acid groups (broad SMARTS) is 1. The quantitative estimate of drug-likeness (QED) is 0.330. The fraction of sp³-hybridized carbons (Fsp3) is 0.778. The summed E-state index contributed by atoms with van der Waals surface area (Å²) in [6.45, 7) is 2.25. The third-order valence-corrected chi connectivity index (χ3v) is 3.69. The summed E-state index contributed by atoms with van der Waals surface area (Å²) in [4.78, 5) is 21.5. The Morgan fingerprint density at radius 2 is 1.14 bits per heavy atom. The normalized spacial score (nSPS) is 11.1. The first-order valence-electron chi connectivity index (χ1n) is 8.60. The van der Waals surface area contributed by atoms with Crippen LogP contribution in [-0.2, 0) is 9.59 Å². The molecule has 0 saturated heterocycles. The van der Waals surface area contributed by atoms with Gasteiger partial charge in [-0.05, 0) is 12.5 Å². The second-order valence-electron chi connectivity index (χ2n) is 5.78. The van der Waals surface area contributed by atoms with Gasteiger partial charge in [-0.1, -0.05) is 77.6 Å². The average Bonchev–Trinajstić information content (AvgIpc) is 2.46. The second-order valence-corrected chi connectivity index (χ2v) is 5.78. The molecule has 3 nitrogen and oxygen atoms in total. The van der Waals surface area contributed by atoms with Gasteiger partial charge in [0.05, 0.1) is 0 Å². The van der Waals surface area contributed by atoms with E-state index in [9.17, 15) is 9.59 Å². The second kappa shape index (κ2) is 15.3. The van der Waals surface area contributed by atoms with Gasteiger partial charge in [-0.15, -0.1) is 0 Å². The number of rotatable bonds is 15. The summed E-state index contributed by atoms with van der Waals surface area (Å²) in [5.41, 5.74) is 0. The molecule has 0 unspecified atom stereocenters. The molecule has 0 heterocycles. The topological polar surface area (TPSA) is 54.4 Å². The van der Waals surface area contributed by atoms with E-state index in [2.05, 4.69) is 6.92 Å². The molecule has 0 atom stereocenters. The van der Waals surface area contributed by atoms with Crippen molar-refractivity contribution in [3.8, 4) is 0 Å². The van der Waals surface area contributed by atoms with Gasteiger partial charge in [-0.25, -0.2) is 4.79 Å². The average molecular weight is 296 g/mol. The van der Waals surface area contributed by atoms with Gasteiger partial charge in [-0.3, -0.25) is 4.79 Å². The van der Waals surface area contributed by atoms with Crippen LogP contribution in [0, 0.1) is 0 Å². The van der Waals surface area contributed by atoms with Crippen LogP contribution in [0.2, 0.25) is 0 Å². The number of hydrogen-bond acceptors (Lipinski definition) is 2. The molecular weight excluding hydrogens is 264 g/mol. The molecule has 21 heavy (non-hydrogen) atoms. The predicted octanol–water partition coefficient (Wildman–Crippen LogP) is 5.29. The molecule has 0 fully saturated rings. The molecule has 1 N–H and O–H groups in total. The molecule has 0 rings (SSSR count). The Hall–Kier alpha value is -1.12. The van der Waals surface area contributed by atoms with Crippen molar-refractivity contribution in [3.63, 3.8) is 0 Å². The number of aliphatic carboxylic acids is 1. The van der Waals surface area contributed by atoms with Crippen LogP contribution in [0.1, 0.15) is 90.4 Å². The lowest BCUT2D eigenvalue weighted by molar-refractivity contribution is -0.131. The lowest BCUT2D eigenvalue weighted by atomic mass is 10.0.